The van der Waals surface area contributed by atoms with E-state index in [1.165, 1.54) is 0 Å². The highest BCUT2D eigenvalue weighted by Crippen LogP contribution is 2.38. The number of thioether (sulfide) groups is 1. The Hall–Kier alpha value is -3.76. The van der Waals surface area contributed by atoms with Crippen LogP contribution in [0.25, 0.3) is 0 Å². The second-order valence-corrected chi connectivity index (χ2v) is 11.2. The number of allylic oxidation sites excluding steroid dienone is 1. The van der Waals surface area contributed by atoms with E-state index < -0.39 is 6.04 Å². The lowest BCUT2D eigenvalue weighted by Gasteiger charge is -2.29. The summed E-state index contributed by atoms with van der Waals surface area (Å²) in [5, 5.41) is 11.7. The number of hydrogen-bond donors (Lipinski definition) is 2. The van der Waals surface area contributed by atoms with Crippen molar-refractivity contribution in [1.29, 1.82) is 0 Å². The molecule has 10 heteroatoms. The fraction of sp³-hybridized carbons (Fsp3) is 0.233. The summed E-state index contributed by atoms with van der Waals surface area (Å²) in [7, 11) is 0. The molecule has 5 rings (SSSR count). The van der Waals surface area contributed by atoms with Crippen LogP contribution >= 0.6 is 27.7 Å². The van der Waals surface area contributed by atoms with Crippen LogP contribution in [-0.2, 0) is 11.4 Å². The maximum absolute atomic E-state index is 13.9. The summed E-state index contributed by atoms with van der Waals surface area (Å²) >= 11 is 5.01. The number of aromatic nitrogens is 3. The minimum absolute atomic E-state index is 0.247. The molecule has 1 unspecified atom stereocenters. The Bertz CT molecular complexity index is 1520. The zero-order valence-electron chi connectivity index (χ0n) is 22.5. The predicted octanol–water partition coefficient (Wildman–Crippen LogP) is 7.06. The van der Waals surface area contributed by atoms with Crippen LogP contribution < -0.4 is 20.1 Å². The fourth-order valence-corrected chi connectivity index (χ4v) is 5.28. The molecule has 0 fully saturated rings. The van der Waals surface area contributed by atoms with E-state index in [1.54, 1.807) is 16.4 Å². The standard InChI is InChI=1S/C30H30BrN5O3S/c1-4-38-25-9-7-6-8-24(25)33-28(37)26-19(3)32-29-34-30(40-5-2)35-36(29)27(26)21-12-16-23(17-13-21)39-18-20-10-14-22(31)15-11-20/h6-17,27H,4-5,18H2,1-3H3,(H,33,37)(H,32,34,35). The number of para-hydroxylation sites is 2. The number of anilines is 2. The van der Waals surface area contributed by atoms with E-state index in [1.807, 2.05) is 86.6 Å². The summed E-state index contributed by atoms with van der Waals surface area (Å²) in [5.41, 5.74) is 3.82. The Balaban J connectivity index is 1.45. The van der Waals surface area contributed by atoms with Gasteiger partial charge < -0.3 is 20.1 Å². The number of rotatable bonds is 10. The van der Waals surface area contributed by atoms with Crippen LogP contribution in [0.1, 0.15) is 37.9 Å². The van der Waals surface area contributed by atoms with Gasteiger partial charge in [-0.05, 0) is 67.1 Å². The van der Waals surface area contributed by atoms with Gasteiger partial charge >= 0.3 is 0 Å². The van der Waals surface area contributed by atoms with Crippen LogP contribution in [0.15, 0.2) is 93.7 Å². The number of nitrogens with one attached hydrogen (secondary N) is 2. The molecule has 0 saturated carbocycles. The van der Waals surface area contributed by atoms with Crippen LogP contribution in [0.3, 0.4) is 0 Å². The monoisotopic (exact) mass is 619 g/mol. The largest absolute Gasteiger partial charge is 0.492 e. The van der Waals surface area contributed by atoms with E-state index in [-0.39, 0.29) is 5.91 Å². The van der Waals surface area contributed by atoms with Crippen molar-refractivity contribution >= 4 is 45.2 Å². The molecule has 3 aromatic carbocycles. The van der Waals surface area contributed by atoms with Gasteiger partial charge in [-0.25, -0.2) is 4.68 Å². The van der Waals surface area contributed by atoms with Crippen molar-refractivity contribution in [2.45, 2.75) is 38.6 Å². The van der Waals surface area contributed by atoms with E-state index in [0.717, 1.165) is 27.1 Å². The Morgan fingerprint density at radius 3 is 2.52 bits per heavy atom. The quantitative estimate of drug-likeness (QED) is 0.184. The third kappa shape index (κ3) is 6.18. The molecule has 1 atom stereocenters. The second-order valence-electron chi connectivity index (χ2n) is 9.03. The van der Waals surface area contributed by atoms with Gasteiger partial charge in [-0.1, -0.05) is 71.0 Å². The molecule has 0 saturated heterocycles. The van der Waals surface area contributed by atoms with Crippen LogP contribution in [0.2, 0.25) is 0 Å². The number of benzene rings is 3. The first kappa shape index (κ1) is 27.8. The molecule has 2 N–H and O–H groups in total. The summed E-state index contributed by atoms with van der Waals surface area (Å²) in [6, 6.07) is 22.7. The van der Waals surface area contributed by atoms with Gasteiger partial charge in [-0.15, -0.1) is 5.10 Å². The summed E-state index contributed by atoms with van der Waals surface area (Å²) in [6.45, 7) is 6.81. The van der Waals surface area contributed by atoms with Gasteiger partial charge in [0, 0.05) is 10.2 Å². The van der Waals surface area contributed by atoms with Crippen LogP contribution in [-0.4, -0.2) is 33.0 Å². The summed E-state index contributed by atoms with van der Waals surface area (Å²) < 4.78 is 14.6. The van der Waals surface area contributed by atoms with Gasteiger partial charge in [-0.2, -0.15) is 4.98 Å². The van der Waals surface area contributed by atoms with E-state index >= 15 is 0 Å². The van der Waals surface area contributed by atoms with E-state index in [2.05, 4.69) is 38.5 Å². The Kier molecular flexibility index (Phi) is 8.76. The molecular formula is C30H30BrN5O3S. The molecule has 1 aromatic heterocycles. The highest BCUT2D eigenvalue weighted by atomic mass is 79.9. The molecule has 1 amide bonds. The number of fused-ring (bicyclic) bond motifs is 1. The van der Waals surface area contributed by atoms with Gasteiger partial charge in [0.15, 0.2) is 0 Å². The zero-order chi connectivity index (χ0) is 28.1. The Morgan fingerprint density at radius 2 is 1.80 bits per heavy atom. The van der Waals surface area contributed by atoms with Crippen molar-refractivity contribution in [3.63, 3.8) is 0 Å². The average molecular weight is 621 g/mol. The average Bonchev–Trinajstić information content (AvgIpc) is 3.35. The zero-order valence-corrected chi connectivity index (χ0v) is 24.9. The third-order valence-corrected chi connectivity index (χ3v) is 7.55. The number of nitrogens with zero attached hydrogens (tertiary/aromatic N) is 3. The van der Waals surface area contributed by atoms with Crippen LogP contribution in [0.5, 0.6) is 11.5 Å². The smallest absolute Gasteiger partial charge is 0.255 e. The molecule has 4 aromatic rings. The van der Waals surface area contributed by atoms with Crippen molar-refractivity contribution in [2.75, 3.05) is 23.0 Å². The first-order valence-electron chi connectivity index (χ1n) is 13.0. The SMILES string of the molecule is CCOc1ccccc1NC(=O)C1=C(C)Nc2nc(SCC)nn2C1c1ccc(OCc2ccc(Br)cc2)cc1. The summed E-state index contributed by atoms with van der Waals surface area (Å²) in [5.74, 6) is 2.54. The molecule has 206 valence electrons. The van der Waals surface area contributed by atoms with E-state index in [4.69, 9.17) is 14.6 Å². The molecule has 0 spiro atoms. The predicted molar refractivity (Wildman–Crippen MR) is 162 cm³/mol. The topological polar surface area (TPSA) is 90.3 Å². The molecule has 0 bridgehead atoms. The molecule has 1 aliphatic heterocycles. The number of carbonyl (C=O) groups is 1. The van der Waals surface area contributed by atoms with Crippen molar-refractivity contribution in [3.05, 3.63) is 99.7 Å². The number of amides is 1. The normalized spacial score (nSPS) is 14.3. The van der Waals surface area contributed by atoms with Gasteiger partial charge in [-0.3, -0.25) is 4.79 Å². The van der Waals surface area contributed by atoms with Crippen molar-refractivity contribution in [3.8, 4) is 11.5 Å². The fourth-order valence-electron chi connectivity index (χ4n) is 4.46. The maximum Gasteiger partial charge on any atom is 0.255 e. The van der Waals surface area contributed by atoms with Gasteiger partial charge in [0.1, 0.15) is 24.1 Å². The van der Waals surface area contributed by atoms with Crippen LogP contribution in [0.4, 0.5) is 11.6 Å². The van der Waals surface area contributed by atoms with Gasteiger partial charge in [0.05, 0.1) is 17.9 Å². The van der Waals surface area contributed by atoms with Crippen molar-refractivity contribution < 1.29 is 14.3 Å². The number of hydrogen-bond acceptors (Lipinski definition) is 7. The van der Waals surface area contributed by atoms with Crippen LogP contribution in [0, 0.1) is 0 Å². The van der Waals surface area contributed by atoms with E-state index in [0.29, 0.717) is 47.0 Å². The van der Waals surface area contributed by atoms with Crippen molar-refractivity contribution in [2.24, 2.45) is 0 Å². The number of ether oxygens (including phenoxy) is 2. The minimum atomic E-state index is -0.491. The lowest BCUT2D eigenvalue weighted by molar-refractivity contribution is -0.113. The van der Waals surface area contributed by atoms with Crippen molar-refractivity contribution in [1.82, 2.24) is 14.8 Å². The number of halogens is 1. The molecule has 0 aliphatic carbocycles. The maximum atomic E-state index is 13.9. The van der Waals surface area contributed by atoms with Gasteiger partial charge in [0.2, 0.25) is 11.1 Å². The molecule has 2 heterocycles. The molecule has 40 heavy (non-hydrogen) atoms. The molecule has 0 radical (unpaired) electrons. The minimum Gasteiger partial charge on any atom is -0.492 e. The van der Waals surface area contributed by atoms with Gasteiger partial charge in [0.25, 0.3) is 5.91 Å². The number of carbonyl (C=O) groups excluding carboxylic acids is 1. The molecule has 8 nitrogen and oxygen atoms in total. The molecule has 1 aliphatic rings. The third-order valence-electron chi connectivity index (χ3n) is 6.30. The lowest BCUT2D eigenvalue weighted by Crippen LogP contribution is -2.31. The Morgan fingerprint density at radius 1 is 1.05 bits per heavy atom. The van der Waals surface area contributed by atoms with E-state index in [9.17, 15) is 4.79 Å². The summed E-state index contributed by atoms with van der Waals surface area (Å²) in [4.78, 5) is 18.5. The Labute approximate surface area is 246 Å². The highest BCUT2D eigenvalue weighted by molar-refractivity contribution is 9.10. The second kappa shape index (κ2) is 12.6. The lowest BCUT2D eigenvalue weighted by atomic mass is 9.95. The summed E-state index contributed by atoms with van der Waals surface area (Å²) in [6.07, 6.45) is 0. The highest BCUT2D eigenvalue weighted by Gasteiger charge is 2.34. The molecular weight excluding hydrogens is 590 g/mol. The first-order chi connectivity index (χ1) is 19.5. The first-order valence-corrected chi connectivity index (χ1v) is 14.8.